The van der Waals surface area contributed by atoms with Crippen LogP contribution in [0.5, 0.6) is 0 Å². The van der Waals surface area contributed by atoms with Gasteiger partial charge in [0.1, 0.15) is 11.4 Å². The van der Waals surface area contributed by atoms with Gasteiger partial charge in [0.2, 0.25) is 11.0 Å². The third-order valence-corrected chi connectivity index (χ3v) is 5.13. The van der Waals surface area contributed by atoms with E-state index < -0.39 is 21.4 Å². The first kappa shape index (κ1) is 16.3. The van der Waals surface area contributed by atoms with Crippen LogP contribution < -0.4 is 10.3 Å². The summed E-state index contributed by atoms with van der Waals surface area (Å²) in [6, 6.07) is 5.00. The second-order valence-electron chi connectivity index (χ2n) is 5.70. The fourth-order valence-electron chi connectivity index (χ4n) is 2.64. The lowest BCUT2D eigenvalue weighted by molar-refractivity contribution is 0.479. The molecule has 0 amide bonds. The van der Waals surface area contributed by atoms with E-state index in [2.05, 4.69) is 19.8 Å². The Kier molecular flexibility index (Phi) is 3.37. The van der Waals surface area contributed by atoms with E-state index in [9.17, 15) is 17.6 Å². The number of sulfonamides is 1. The van der Waals surface area contributed by atoms with Gasteiger partial charge in [-0.15, -0.1) is 0 Å². The molecular weight excluding hydrogens is 365 g/mol. The maximum absolute atomic E-state index is 13.4. The Labute approximate surface area is 145 Å². The van der Waals surface area contributed by atoms with Crippen molar-refractivity contribution >= 4 is 32.7 Å². The van der Waals surface area contributed by atoms with Crippen LogP contribution in [0.4, 0.5) is 10.3 Å². The number of hydrogen-bond donors (Lipinski definition) is 2. The number of aryl methyl sites for hydroxylation is 2. The van der Waals surface area contributed by atoms with Gasteiger partial charge in [0.15, 0.2) is 0 Å². The summed E-state index contributed by atoms with van der Waals surface area (Å²) in [5.74, 6) is -0.682. The first-order valence-electron chi connectivity index (χ1n) is 7.42. The average molecular weight is 377 g/mol. The molecule has 9 nitrogen and oxygen atoms in total. The molecule has 0 aliphatic carbocycles. The lowest BCUT2D eigenvalue weighted by Gasteiger charge is -2.02. The van der Waals surface area contributed by atoms with Gasteiger partial charge in [-0.05, 0) is 32.0 Å². The molecule has 4 rings (SSSR count). The van der Waals surface area contributed by atoms with Gasteiger partial charge in [0, 0.05) is 22.7 Å². The molecule has 2 N–H and O–H groups in total. The Balaban J connectivity index is 1.79. The van der Waals surface area contributed by atoms with Crippen LogP contribution in [-0.2, 0) is 10.0 Å². The predicted octanol–water partition coefficient (Wildman–Crippen LogP) is 1.72. The number of nitrogens with zero attached hydrogens (tertiary/aromatic N) is 3. The molecule has 0 atom stereocenters. The minimum atomic E-state index is -4.17. The summed E-state index contributed by atoms with van der Waals surface area (Å²) in [7, 11) is -4.17. The summed E-state index contributed by atoms with van der Waals surface area (Å²) in [5, 5.41) is 2.50. The topological polar surface area (TPSA) is 122 Å². The second kappa shape index (κ2) is 5.39. The summed E-state index contributed by atoms with van der Waals surface area (Å²) in [6.07, 6.45) is 0. The molecule has 11 heteroatoms. The number of fused-ring (bicyclic) bond motifs is 2. The molecule has 0 aliphatic heterocycles. The molecule has 0 bridgehead atoms. The van der Waals surface area contributed by atoms with Crippen LogP contribution in [0.3, 0.4) is 0 Å². The highest BCUT2D eigenvalue weighted by molar-refractivity contribution is 7.92. The molecule has 0 fully saturated rings. The predicted molar refractivity (Wildman–Crippen MR) is 90.1 cm³/mol. The zero-order chi connectivity index (χ0) is 18.6. The van der Waals surface area contributed by atoms with Gasteiger partial charge in [-0.2, -0.15) is 17.9 Å². The van der Waals surface area contributed by atoms with Crippen molar-refractivity contribution in [3.8, 4) is 0 Å². The van der Waals surface area contributed by atoms with Gasteiger partial charge in [-0.1, -0.05) is 0 Å². The molecule has 0 spiro atoms. The molecule has 134 valence electrons. The summed E-state index contributed by atoms with van der Waals surface area (Å²) < 4.78 is 47.3. The molecular formula is C15H12FN5O4S. The molecule has 0 aliphatic rings. The third-order valence-electron chi connectivity index (χ3n) is 3.79. The lowest BCUT2D eigenvalue weighted by atomic mass is 10.2. The van der Waals surface area contributed by atoms with E-state index in [4.69, 9.17) is 4.42 Å². The van der Waals surface area contributed by atoms with Crippen molar-refractivity contribution in [2.75, 3.05) is 4.72 Å². The normalized spacial score (nSPS) is 12.1. The number of hydrogen-bond acceptors (Lipinski definition) is 6. The van der Waals surface area contributed by atoms with E-state index in [-0.39, 0.29) is 28.0 Å². The summed E-state index contributed by atoms with van der Waals surface area (Å²) in [6.45, 7) is 3.13. The van der Waals surface area contributed by atoms with E-state index >= 15 is 0 Å². The van der Waals surface area contributed by atoms with E-state index in [1.165, 1.54) is 31.2 Å². The van der Waals surface area contributed by atoms with Crippen molar-refractivity contribution in [2.45, 2.75) is 18.9 Å². The first-order valence-corrected chi connectivity index (χ1v) is 8.91. The number of aromatic amines is 1. The lowest BCUT2D eigenvalue weighted by Crippen LogP contribution is -2.16. The SMILES string of the molecule is Cc1cc(=O)n2[nH]c(NS(=O)(=O)c3oc4ccc(F)cc4c3C)nc2n1. The summed E-state index contributed by atoms with van der Waals surface area (Å²) in [4.78, 5) is 19.9. The number of H-pyrrole nitrogens is 1. The highest BCUT2D eigenvalue weighted by Crippen LogP contribution is 2.29. The van der Waals surface area contributed by atoms with E-state index in [0.717, 1.165) is 4.52 Å². The smallest absolute Gasteiger partial charge is 0.297 e. The number of aromatic nitrogens is 4. The fourth-order valence-corrected chi connectivity index (χ4v) is 3.79. The number of halogens is 1. The van der Waals surface area contributed by atoms with Gasteiger partial charge < -0.3 is 4.42 Å². The number of nitrogens with one attached hydrogen (secondary N) is 2. The summed E-state index contributed by atoms with van der Waals surface area (Å²) >= 11 is 0. The highest BCUT2D eigenvalue weighted by Gasteiger charge is 2.25. The zero-order valence-electron chi connectivity index (χ0n) is 13.6. The Morgan fingerprint density at radius 1 is 1.23 bits per heavy atom. The Morgan fingerprint density at radius 3 is 2.77 bits per heavy atom. The van der Waals surface area contributed by atoms with Crippen LogP contribution in [0.25, 0.3) is 16.7 Å². The van der Waals surface area contributed by atoms with Crippen molar-refractivity contribution in [1.82, 2.24) is 19.6 Å². The van der Waals surface area contributed by atoms with Crippen molar-refractivity contribution < 1.29 is 17.2 Å². The van der Waals surface area contributed by atoms with Crippen molar-refractivity contribution in [3.63, 3.8) is 0 Å². The van der Waals surface area contributed by atoms with Crippen LogP contribution in [-0.4, -0.2) is 28.0 Å². The summed E-state index contributed by atoms with van der Waals surface area (Å²) in [5.41, 5.74) is 0.517. The van der Waals surface area contributed by atoms with Crippen LogP contribution in [0.2, 0.25) is 0 Å². The standard InChI is InChI=1S/C15H12FN5O4S/c1-7-5-12(22)21-15(17-7)18-14(19-21)20-26(23,24)13-8(2)10-6-9(16)3-4-11(10)25-13/h3-6H,1-2H3,(H2,17,18,19,20). The number of rotatable bonds is 3. The molecule has 1 aromatic carbocycles. The fraction of sp³-hybridized carbons (Fsp3) is 0.133. The molecule has 4 aromatic rings. The van der Waals surface area contributed by atoms with Gasteiger partial charge >= 0.3 is 0 Å². The van der Waals surface area contributed by atoms with E-state index in [1.807, 2.05) is 0 Å². The molecule has 26 heavy (non-hydrogen) atoms. The third kappa shape index (κ3) is 2.52. The van der Waals surface area contributed by atoms with Crippen molar-refractivity contribution in [3.05, 3.63) is 51.7 Å². The van der Waals surface area contributed by atoms with Crippen molar-refractivity contribution in [1.29, 1.82) is 0 Å². The van der Waals surface area contributed by atoms with Crippen LogP contribution in [0.1, 0.15) is 11.3 Å². The van der Waals surface area contributed by atoms with Gasteiger partial charge in [-0.3, -0.25) is 9.89 Å². The minimum Gasteiger partial charge on any atom is -0.442 e. The minimum absolute atomic E-state index is 0.0242. The second-order valence-corrected chi connectivity index (χ2v) is 7.29. The number of furan rings is 1. The Hall–Kier alpha value is -3.21. The highest BCUT2D eigenvalue weighted by atomic mass is 32.2. The number of benzene rings is 1. The first-order chi connectivity index (χ1) is 12.2. The van der Waals surface area contributed by atoms with Crippen LogP contribution >= 0.6 is 0 Å². The van der Waals surface area contributed by atoms with E-state index in [1.54, 1.807) is 6.92 Å². The quantitative estimate of drug-likeness (QED) is 0.560. The van der Waals surface area contributed by atoms with Crippen molar-refractivity contribution in [2.24, 2.45) is 0 Å². The molecule has 3 heterocycles. The molecule has 0 saturated carbocycles. The largest absolute Gasteiger partial charge is 0.442 e. The van der Waals surface area contributed by atoms with Crippen LogP contribution in [0.15, 0.2) is 38.6 Å². The number of anilines is 1. The molecule has 3 aromatic heterocycles. The maximum Gasteiger partial charge on any atom is 0.297 e. The molecule has 0 radical (unpaired) electrons. The Morgan fingerprint density at radius 2 is 2.00 bits per heavy atom. The monoisotopic (exact) mass is 377 g/mol. The van der Waals surface area contributed by atoms with E-state index in [0.29, 0.717) is 11.1 Å². The Bertz CT molecular complexity index is 1340. The molecule has 0 unspecified atom stereocenters. The maximum atomic E-state index is 13.4. The van der Waals surface area contributed by atoms with Crippen LogP contribution in [0, 0.1) is 19.7 Å². The average Bonchev–Trinajstić information content (AvgIpc) is 3.08. The molecule has 0 saturated heterocycles. The van der Waals surface area contributed by atoms with Gasteiger partial charge in [-0.25, -0.2) is 14.1 Å². The van der Waals surface area contributed by atoms with Gasteiger partial charge in [0.05, 0.1) is 0 Å². The van der Waals surface area contributed by atoms with Gasteiger partial charge in [0.25, 0.3) is 21.4 Å². The zero-order valence-corrected chi connectivity index (χ0v) is 14.4.